The first kappa shape index (κ1) is 16.3. The van der Waals surface area contributed by atoms with Crippen LogP contribution in [0.15, 0.2) is 60.8 Å². The molecule has 1 heterocycles. The van der Waals surface area contributed by atoms with Crippen LogP contribution in [-0.4, -0.2) is 27.5 Å². The molecule has 126 valence electrons. The Kier molecular flexibility index (Phi) is 4.47. The van der Waals surface area contributed by atoms with E-state index in [1.54, 1.807) is 16.8 Å². The lowest BCUT2D eigenvalue weighted by atomic mass is 10.1. The van der Waals surface area contributed by atoms with Crippen molar-refractivity contribution in [1.29, 1.82) is 0 Å². The average molecular weight is 337 g/mol. The normalized spacial score (nSPS) is 10.4. The van der Waals surface area contributed by atoms with Crippen LogP contribution < -0.4 is 10.9 Å². The molecule has 0 atom stereocenters. The van der Waals surface area contributed by atoms with Crippen LogP contribution in [0.25, 0.3) is 10.9 Å². The Morgan fingerprint density at radius 1 is 0.880 bits per heavy atom. The second-order valence-corrected chi connectivity index (χ2v) is 5.36. The van der Waals surface area contributed by atoms with Gasteiger partial charge in [0.2, 0.25) is 0 Å². The number of carboxylic acids is 1. The zero-order chi connectivity index (χ0) is 17.8. The zero-order valence-electron chi connectivity index (χ0n) is 13.1. The lowest BCUT2D eigenvalue weighted by molar-refractivity contribution is -0.122. The largest absolute Gasteiger partial charge is 0.478 e. The van der Waals surface area contributed by atoms with Gasteiger partial charge in [-0.15, -0.1) is 0 Å². The maximum atomic E-state index is 12.1. The molecule has 0 aliphatic carbocycles. The molecule has 0 fully saturated rings. The van der Waals surface area contributed by atoms with E-state index in [1.165, 1.54) is 18.2 Å². The molecular formula is C18H15N3O4. The fourth-order valence-corrected chi connectivity index (χ4v) is 2.53. The highest BCUT2D eigenvalue weighted by atomic mass is 16.4. The van der Waals surface area contributed by atoms with Crippen LogP contribution >= 0.6 is 0 Å². The highest BCUT2D eigenvalue weighted by molar-refractivity contribution is 6.05. The van der Waals surface area contributed by atoms with E-state index in [4.69, 9.17) is 5.11 Å². The summed E-state index contributed by atoms with van der Waals surface area (Å²) in [5.74, 6) is -2.33. The zero-order valence-corrected chi connectivity index (χ0v) is 13.1. The standard InChI is InChI=1S/C18H15N3O4/c22-16(11-21-10-9-12-5-1-4-8-15(12)21)19-20-17(23)13-6-2-3-7-14(13)18(24)25/h1-10H,11H2,(H,19,22)(H,20,23)(H,24,25). The fraction of sp³-hybridized carbons (Fsp3) is 0.0556. The Bertz CT molecular complexity index is 962. The van der Waals surface area contributed by atoms with E-state index in [0.717, 1.165) is 10.9 Å². The SMILES string of the molecule is O=C(Cn1ccc2ccccc21)NNC(=O)c1ccccc1C(=O)O. The van der Waals surface area contributed by atoms with Crippen LogP contribution in [0.4, 0.5) is 0 Å². The smallest absolute Gasteiger partial charge is 0.336 e. The van der Waals surface area contributed by atoms with E-state index < -0.39 is 17.8 Å². The Balaban J connectivity index is 1.65. The van der Waals surface area contributed by atoms with Crippen molar-refractivity contribution in [3.63, 3.8) is 0 Å². The topological polar surface area (TPSA) is 100 Å². The van der Waals surface area contributed by atoms with E-state index >= 15 is 0 Å². The third kappa shape index (κ3) is 3.50. The number of rotatable bonds is 4. The highest BCUT2D eigenvalue weighted by Crippen LogP contribution is 2.14. The third-order valence-corrected chi connectivity index (χ3v) is 3.71. The van der Waals surface area contributed by atoms with Gasteiger partial charge in [-0.3, -0.25) is 20.4 Å². The molecule has 7 nitrogen and oxygen atoms in total. The Morgan fingerprint density at radius 2 is 1.56 bits per heavy atom. The van der Waals surface area contributed by atoms with Crippen molar-refractivity contribution >= 4 is 28.7 Å². The van der Waals surface area contributed by atoms with Gasteiger partial charge < -0.3 is 9.67 Å². The number of carboxylic acid groups (broad SMARTS) is 1. The minimum Gasteiger partial charge on any atom is -0.478 e. The third-order valence-electron chi connectivity index (χ3n) is 3.71. The van der Waals surface area contributed by atoms with E-state index in [-0.39, 0.29) is 17.7 Å². The van der Waals surface area contributed by atoms with Gasteiger partial charge in [0.1, 0.15) is 6.54 Å². The second kappa shape index (κ2) is 6.88. The van der Waals surface area contributed by atoms with Crippen LogP contribution in [0.5, 0.6) is 0 Å². The number of hydrazine groups is 1. The summed E-state index contributed by atoms with van der Waals surface area (Å²) >= 11 is 0. The van der Waals surface area contributed by atoms with E-state index in [2.05, 4.69) is 10.9 Å². The summed E-state index contributed by atoms with van der Waals surface area (Å²) in [6.07, 6.45) is 1.78. The van der Waals surface area contributed by atoms with Gasteiger partial charge in [-0.2, -0.15) is 0 Å². The molecule has 3 rings (SSSR count). The first-order chi connectivity index (χ1) is 12.1. The maximum Gasteiger partial charge on any atom is 0.336 e. The number of hydrogen-bond acceptors (Lipinski definition) is 3. The molecule has 1 aromatic heterocycles. The van der Waals surface area contributed by atoms with Gasteiger partial charge in [0.25, 0.3) is 11.8 Å². The quantitative estimate of drug-likeness (QED) is 0.632. The number of aromatic carboxylic acids is 1. The highest BCUT2D eigenvalue weighted by Gasteiger charge is 2.16. The minimum atomic E-state index is -1.21. The molecule has 3 aromatic rings. The van der Waals surface area contributed by atoms with Crippen molar-refractivity contribution in [3.05, 3.63) is 71.9 Å². The molecular weight excluding hydrogens is 322 g/mol. The maximum absolute atomic E-state index is 12.1. The van der Waals surface area contributed by atoms with Gasteiger partial charge in [0, 0.05) is 11.7 Å². The number of benzene rings is 2. The molecule has 3 N–H and O–H groups in total. The summed E-state index contributed by atoms with van der Waals surface area (Å²) in [6, 6.07) is 15.3. The molecule has 0 unspecified atom stereocenters. The molecule has 0 aliphatic rings. The van der Waals surface area contributed by atoms with Gasteiger partial charge in [0.15, 0.2) is 0 Å². The van der Waals surface area contributed by atoms with Crippen LogP contribution in [-0.2, 0) is 11.3 Å². The van der Waals surface area contributed by atoms with Gasteiger partial charge in [-0.1, -0.05) is 30.3 Å². The molecule has 2 amide bonds. The van der Waals surface area contributed by atoms with Gasteiger partial charge in [0.05, 0.1) is 11.1 Å². The number of fused-ring (bicyclic) bond motifs is 1. The molecule has 25 heavy (non-hydrogen) atoms. The molecule has 0 radical (unpaired) electrons. The van der Waals surface area contributed by atoms with Crippen molar-refractivity contribution in [1.82, 2.24) is 15.4 Å². The van der Waals surface area contributed by atoms with Crippen molar-refractivity contribution in [3.8, 4) is 0 Å². The van der Waals surface area contributed by atoms with Gasteiger partial charge in [-0.05, 0) is 29.7 Å². The Hall–Kier alpha value is -3.61. The fourth-order valence-electron chi connectivity index (χ4n) is 2.53. The number of hydrogen-bond donors (Lipinski definition) is 3. The van der Waals surface area contributed by atoms with Crippen LogP contribution in [0.1, 0.15) is 20.7 Å². The lowest BCUT2D eigenvalue weighted by Crippen LogP contribution is -2.43. The average Bonchev–Trinajstić information content (AvgIpc) is 3.02. The lowest BCUT2D eigenvalue weighted by Gasteiger charge is -2.10. The number of carbonyl (C=O) groups is 3. The van der Waals surface area contributed by atoms with Crippen molar-refractivity contribution in [2.75, 3.05) is 0 Å². The van der Waals surface area contributed by atoms with E-state index in [0.29, 0.717) is 0 Å². The summed E-state index contributed by atoms with van der Waals surface area (Å²) in [4.78, 5) is 35.3. The van der Waals surface area contributed by atoms with Crippen molar-refractivity contribution in [2.24, 2.45) is 0 Å². The first-order valence-corrected chi connectivity index (χ1v) is 7.51. The molecule has 0 aliphatic heterocycles. The van der Waals surface area contributed by atoms with E-state index in [1.807, 2.05) is 30.3 Å². The van der Waals surface area contributed by atoms with Crippen molar-refractivity contribution < 1.29 is 19.5 Å². The number of nitrogens with one attached hydrogen (secondary N) is 2. The predicted octanol–water partition coefficient (Wildman–Crippen LogP) is 1.80. The summed E-state index contributed by atoms with van der Waals surface area (Å²) in [6.45, 7) is 0.0222. The number of amides is 2. The Labute approximate surface area is 142 Å². The second-order valence-electron chi connectivity index (χ2n) is 5.36. The summed E-state index contributed by atoms with van der Waals surface area (Å²) in [5.41, 5.74) is 5.28. The molecule has 0 saturated carbocycles. The first-order valence-electron chi connectivity index (χ1n) is 7.51. The summed E-state index contributed by atoms with van der Waals surface area (Å²) < 4.78 is 1.75. The van der Waals surface area contributed by atoms with Gasteiger partial charge in [-0.25, -0.2) is 4.79 Å². The summed E-state index contributed by atoms with van der Waals surface area (Å²) in [5, 5.41) is 10.1. The van der Waals surface area contributed by atoms with Crippen molar-refractivity contribution in [2.45, 2.75) is 6.54 Å². The molecule has 2 aromatic carbocycles. The monoisotopic (exact) mass is 337 g/mol. The van der Waals surface area contributed by atoms with Gasteiger partial charge >= 0.3 is 5.97 Å². The molecule has 0 saturated heterocycles. The predicted molar refractivity (Wildman–Crippen MR) is 90.9 cm³/mol. The molecule has 0 bridgehead atoms. The Morgan fingerprint density at radius 3 is 2.32 bits per heavy atom. The van der Waals surface area contributed by atoms with E-state index in [9.17, 15) is 14.4 Å². The number of nitrogens with zero attached hydrogens (tertiary/aromatic N) is 1. The summed E-state index contributed by atoms with van der Waals surface area (Å²) in [7, 11) is 0. The van der Waals surface area contributed by atoms with Crippen LogP contribution in [0.2, 0.25) is 0 Å². The molecule has 0 spiro atoms. The minimum absolute atomic E-state index is 0.0222. The number of aromatic nitrogens is 1. The number of carbonyl (C=O) groups excluding carboxylic acids is 2. The molecule has 7 heteroatoms. The number of para-hydroxylation sites is 1. The van der Waals surface area contributed by atoms with Crippen LogP contribution in [0, 0.1) is 0 Å². The van der Waals surface area contributed by atoms with Crippen LogP contribution in [0.3, 0.4) is 0 Å².